The Balaban J connectivity index is 1.77. The van der Waals surface area contributed by atoms with E-state index in [9.17, 15) is 9.59 Å². The highest BCUT2D eigenvalue weighted by atomic mass is 16.4. The third kappa shape index (κ3) is 4.83. The van der Waals surface area contributed by atoms with E-state index in [4.69, 9.17) is 5.11 Å². The van der Waals surface area contributed by atoms with Crippen LogP contribution in [0.4, 0.5) is 4.79 Å². The number of rotatable bonds is 7. The Morgan fingerprint density at radius 1 is 1.04 bits per heavy atom. The topological polar surface area (TPSA) is 72.9 Å². The van der Waals surface area contributed by atoms with E-state index in [0.29, 0.717) is 6.04 Å². The number of carbonyl (C=O) groups is 2. The number of urea groups is 1. The molecule has 0 unspecified atom stereocenters. The molecule has 0 atom stereocenters. The fourth-order valence-corrected chi connectivity index (χ4v) is 3.89. The van der Waals surface area contributed by atoms with Gasteiger partial charge in [0.2, 0.25) is 0 Å². The van der Waals surface area contributed by atoms with Crippen LogP contribution < -0.4 is 5.32 Å². The molecule has 2 saturated carbocycles. The molecule has 0 heterocycles. The zero-order valence-corrected chi connectivity index (χ0v) is 14.5. The standard InChI is InChI=1S/C17H31N3O3/c1-3-19(12-16(21)22)15-10-13(11-15)18-17(23)20(4-2)14-8-6-5-7-9-14/h13-15H,3-12H2,1-2H3,(H,18,23)(H,21,22). The average Bonchev–Trinajstić information content (AvgIpc) is 2.50. The summed E-state index contributed by atoms with van der Waals surface area (Å²) in [7, 11) is 0. The molecule has 132 valence electrons. The summed E-state index contributed by atoms with van der Waals surface area (Å²) in [6.07, 6.45) is 7.69. The Kier molecular flexibility index (Phi) is 6.69. The number of amides is 2. The van der Waals surface area contributed by atoms with Crippen LogP contribution in [0.2, 0.25) is 0 Å². The molecule has 0 aromatic carbocycles. The van der Waals surface area contributed by atoms with Crippen molar-refractivity contribution in [3.05, 3.63) is 0 Å². The molecule has 6 nitrogen and oxygen atoms in total. The van der Waals surface area contributed by atoms with Crippen LogP contribution in [-0.4, -0.2) is 64.7 Å². The molecule has 0 aromatic rings. The van der Waals surface area contributed by atoms with Gasteiger partial charge in [-0.1, -0.05) is 26.2 Å². The third-order valence-electron chi connectivity index (χ3n) is 5.32. The third-order valence-corrected chi connectivity index (χ3v) is 5.32. The number of aliphatic carboxylic acids is 1. The first kappa shape index (κ1) is 18.0. The molecule has 2 aliphatic carbocycles. The molecule has 23 heavy (non-hydrogen) atoms. The zero-order chi connectivity index (χ0) is 16.8. The van der Waals surface area contributed by atoms with Crippen molar-refractivity contribution in [1.82, 2.24) is 15.1 Å². The molecule has 2 aliphatic rings. The van der Waals surface area contributed by atoms with E-state index in [1.54, 1.807) is 0 Å². The number of nitrogens with one attached hydrogen (secondary N) is 1. The van der Waals surface area contributed by atoms with Gasteiger partial charge in [-0.05, 0) is 39.2 Å². The molecule has 2 rings (SSSR count). The van der Waals surface area contributed by atoms with Crippen molar-refractivity contribution in [2.24, 2.45) is 0 Å². The number of nitrogens with zero attached hydrogens (tertiary/aromatic N) is 2. The van der Waals surface area contributed by atoms with Gasteiger partial charge < -0.3 is 15.3 Å². The fourth-order valence-electron chi connectivity index (χ4n) is 3.89. The minimum Gasteiger partial charge on any atom is -0.480 e. The van der Waals surface area contributed by atoms with E-state index in [2.05, 4.69) is 5.32 Å². The molecular weight excluding hydrogens is 294 g/mol. The van der Waals surface area contributed by atoms with Crippen molar-refractivity contribution in [3.63, 3.8) is 0 Å². The summed E-state index contributed by atoms with van der Waals surface area (Å²) >= 11 is 0. The highest BCUT2D eigenvalue weighted by Gasteiger charge is 2.36. The lowest BCUT2D eigenvalue weighted by Gasteiger charge is -2.43. The van der Waals surface area contributed by atoms with Gasteiger partial charge in [0.25, 0.3) is 0 Å². The molecule has 2 amide bonds. The maximum atomic E-state index is 12.5. The van der Waals surface area contributed by atoms with E-state index in [1.807, 2.05) is 23.6 Å². The molecule has 0 aromatic heterocycles. The lowest BCUT2D eigenvalue weighted by atomic mass is 9.85. The molecule has 0 bridgehead atoms. The first-order valence-electron chi connectivity index (χ1n) is 9.08. The Hall–Kier alpha value is -1.30. The van der Waals surface area contributed by atoms with Crippen molar-refractivity contribution in [3.8, 4) is 0 Å². The minimum absolute atomic E-state index is 0.0594. The van der Waals surface area contributed by atoms with Crippen LogP contribution in [0.5, 0.6) is 0 Å². The molecule has 0 aliphatic heterocycles. The second-order valence-electron chi connectivity index (χ2n) is 6.81. The minimum atomic E-state index is -0.784. The number of hydrogen-bond acceptors (Lipinski definition) is 3. The van der Waals surface area contributed by atoms with Gasteiger partial charge in [-0.15, -0.1) is 0 Å². The summed E-state index contributed by atoms with van der Waals surface area (Å²) < 4.78 is 0. The van der Waals surface area contributed by atoms with E-state index >= 15 is 0 Å². The summed E-state index contributed by atoms with van der Waals surface area (Å²) in [4.78, 5) is 27.3. The summed E-state index contributed by atoms with van der Waals surface area (Å²) in [6.45, 7) is 5.61. The zero-order valence-electron chi connectivity index (χ0n) is 14.5. The molecule has 0 radical (unpaired) electrons. The Bertz CT molecular complexity index is 404. The van der Waals surface area contributed by atoms with Gasteiger partial charge >= 0.3 is 12.0 Å². The van der Waals surface area contributed by atoms with Gasteiger partial charge in [-0.3, -0.25) is 9.69 Å². The smallest absolute Gasteiger partial charge is 0.317 e. The Morgan fingerprint density at radius 2 is 1.70 bits per heavy atom. The van der Waals surface area contributed by atoms with Crippen LogP contribution >= 0.6 is 0 Å². The van der Waals surface area contributed by atoms with Crippen LogP contribution in [0.3, 0.4) is 0 Å². The molecule has 6 heteroatoms. The number of hydrogen-bond donors (Lipinski definition) is 2. The quantitative estimate of drug-likeness (QED) is 0.753. The van der Waals surface area contributed by atoms with Gasteiger partial charge in [0.15, 0.2) is 0 Å². The predicted molar refractivity (Wildman–Crippen MR) is 89.5 cm³/mol. The average molecular weight is 325 g/mol. The van der Waals surface area contributed by atoms with Gasteiger partial charge in [-0.2, -0.15) is 0 Å². The Labute approximate surface area is 139 Å². The van der Waals surface area contributed by atoms with Crippen LogP contribution in [-0.2, 0) is 4.79 Å². The molecule has 2 N–H and O–H groups in total. The molecular formula is C17H31N3O3. The van der Waals surface area contributed by atoms with Crippen molar-refractivity contribution >= 4 is 12.0 Å². The highest BCUT2D eigenvalue weighted by Crippen LogP contribution is 2.27. The van der Waals surface area contributed by atoms with E-state index in [0.717, 1.165) is 38.8 Å². The van der Waals surface area contributed by atoms with E-state index in [1.165, 1.54) is 19.3 Å². The monoisotopic (exact) mass is 325 g/mol. The normalized spacial score (nSPS) is 25.0. The second kappa shape index (κ2) is 8.52. The second-order valence-corrected chi connectivity index (χ2v) is 6.81. The first-order valence-corrected chi connectivity index (χ1v) is 9.08. The first-order chi connectivity index (χ1) is 11.0. The van der Waals surface area contributed by atoms with E-state index in [-0.39, 0.29) is 24.7 Å². The predicted octanol–water partition coefficient (Wildman–Crippen LogP) is 2.29. The van der Waals surface area contributed by atoms with Crippen LogP contribution in [0.25, 0.3) is 0 Å². The largest absolute Gasteiger partial charge is 0.480 e. The van der Waals surface area contributed by atoms with Gasteiger partial charge in [-0.25, -0.2) is 4.79 Å². The molecule has 0 spiro atoms. The van der Waals surface area contributed by atoms with Crippen LogP contribution in [0, 0.1) is 0 Å². The number of carbonyl (C=O) groups excluding carboxylic acids is 1. The van der Waals surface area contributed by atoms with Gasteiger partial charge in [0.05, 0.1) is 6.54 Å². The van der Waals surface area contributed by atoms with Crippen molar-refractivity contribution in [2.45, 2.75) is 76.9 Å². The number of carboxylic acid groups (broad SMARTS) is 1. The summed E-state index contributed by atoms with van der Waals surface area (Å²) in [6, 6.07) is 0.923. The van der Waals surface area contributed by atoms with Crippen molar-refractivity contribution in [2.75, 3.05) is 19.6 Å². The van der Waals surface area contributed by atoms with Crippen LogP contribution in [0.15, 0.2) is 0 Å². The van der Waals surface area contributed by atoms with Crippen molar-refractivity contribution < 1.29 is 14.7 Å². The maximum Gasteiger partial charge on any atom is 0.317 e. The van der Waals surface area contributed by atoms with E-state index < -0.39 is 5.97 Å². The van der Waals surface area contributed by atoms with Crippen molar-refractivity contribution in [1.29, 1.82) is 0 Å². The number of likely N-dealkylation sites (N-methyl/N-ethyl adjacent to an activating group) is 1. The summed E-state index contributed by atoms with van der Waals surface area (Å²) in [5.74, 6) is -0.784. The molecule has 2 fully saturated rings. The fraction of sp³-hybridized carbons (Fsp3) is 0.882. The number of carboxylic acids is 1. The SMILES string of the molecule is CCN(CC(=O)O)C1CC(NC(=O)N(CC)C2CCCCC2)C1. The lowest BCUT2D eigenvalue weighted by molar-refractivity contribution is -0.139. The lowest BCUT2D eigenvalue weighted by Crippen LogP contribution is -2.58. The highest BCUT2D eigenvalue weighted by molar-refractivity contribution is 5.75. The summed E-state index contributed by atoms with van der Waals surface area (Å²) in [5, 5.41) is 12.1. The summed E-state index contributed by atoms with van der Waals surface area (Å²) in [5.41, 5.74) is 0. The van der Waals surface area contributed by atoms with Gasteiger partial charge in [0.1, 0.15) is 0 Å². The Morgan fingerprint density at radius 3 is 2.22 bits per heavy atom. The maximum absolute atomic E-state index is 12.5. The van der Waals surface area contributed by atoms with Gasteiger partial charge in [0, 0.05) is 24.7 Å². The molecule has 0 saturated heterocycles. The van der Waals surface area contributed by atoms with Crippen LogP contribution in [0.1, 0.15) is 58.8 Å².